The van der Waals surface area contributed by atoms with Crippen LogP contribution in [0.4, 0.5) is 4.39 Å². The van der Waals surface area contributed by atoms with E-state index in [0.717, 1.165) is 5.56 Å². The van der Waals surface area contributed by atoms with Crippen molar-refractivity contribution in [2.24, 2.45) is 0 Å². The quantitative estimate of drug-likeness (QED) is 0.907. The minimum Gasteiger partial charge on any atom is -0.459 e. The molecule has 1 aliphatic rings. The molecule has 0 saturated carbocycles. The highest BCUT2D eigenvalue weighted by Gasteiger charge is 2.38. The van der Waals surface area contributed by atoms with Crippen LogP contribution in [-0.2, 0) is 11.2 Å². The lowest BCUT2D eigenvalue weighted by atomic mass is 10.0. The van der Waals surface area contributed by atoms with Crippen molar-refractivity contribution in [1.82, 2.24) is 10.2 Å². The SMILES string of the molecule is C[C@@]1(F)CCN(C(=O)[C@H](Cc2ccccc2)NC(=O)c2ccco2)C1. The summed E-state index contributed by atoms with van der Waals surface area (Å²) < 4.78 is 19.2. The fraction of sp³-hybridized carbons (Fsp3) is 0.368. The van der Waals surface area contributed by atoms with Gasteiger partial charge in [0.05, 0.1) is 12.8 Å². The lowest BCUT2D eigenvalue weighted by Gasteiger charge is -2.24. The summed E-state index contributed by atoms with van der Waals surface area (Å²) in [5.41, 5.74) is -0.458. The van der Waals surface area contributed by atoms with Gasteiger partial charge in [0, 0.05) is 19.4 Å². The zero-order valence-electron chi connectivity index (χ0n) is 14.1. The van der Waals surface area contributed by atoms with Gasteiger partial charge in [-0.2, -0.15) is 0 Å². The first-order valence-electron chi connectivity index (χ1n) is 8.31. The highest BCUT2D eigenvalue weighted by Crippen LogP contribution is 2.25. The first-order valence-corrected chi connectivity index (χ1v) is 8.31. The van der Waals surface area contributed by atoms with Gasteiger partial charge >= 0.3 is 0 Å². The fourth-order valence-corrected chi connectivity index (χ4v) is 3.02. The van der Waals surface area contributed by atoms with Crippen LogP contribution in [-0.4, -0.2) is 41.5 Å². The summed E-state index contributed by atoms with van der Waals surface area (Å²) in [6, 6.07) is 11.8. The maximum atomic E-state index is 14.1. The minimum atomic E-state index is -1.38. The summed E-state index contributed by atoms with van der Waals surface area (Å²) in [5, 5.41) is 2.73. The molecule has 1 aliphatic heterocycles. The third-order valence-electron chi connectivity index (χ3n) is 4.37. The second kappa shape index (κ2) is 7.09. The highest BCUT2D eigenvalue weighted by atomic mass is 19.1. The van der Waals surface area contributed by atoms with E-state index in [1.807, 2.05) is 30.3 Å². The lowest BCUT2D eigenvalue weighted by molar-refractivity contribution is -0.132. The van der Waals surface area contributed by atoms with Gasteiger partial charge in [0.25, 0.3) is 5.91 Å². The molecular weight excluding hydrogens is 323 g/mol. The number of carbonyl (C=O) groups excluding carboxylic acids is 2. The van der Waals surface area contributed by atoms with Crippen molar-refractivity contribution < 1.29 is 18.4 Å². The number of nitrogens with one attached hydrogen (secondary N) is 1. The van der Waals surface area contributed by atoms with Crippen LogP contribution in [0.5, 0.6) is 0 Å². The van der Waals surface area contributed by atoms with Crippen LogP contribution in [0.15, 0.2) is 53.1 Å². The van der Waals surface area contributed by atoms with Crippen molar-refractivity contribution in [2.75, 3.05) is 13.1 Å². The van der Waals surface area contributed by atoms with E-state index < -0.39 is 17.6 Å². The Morgan fingerprint density at radius 2 is 2.04 bits per heavy atom. The Kier molecular flexibility index (Phi) is 4.88. The number of carbonyl (C=O) groups is 2. The first kappa shape index (κ1) is 17.2. The average molecular weight is 344 g/mol. The van der Waals surface area contributed by atoms with Crippen molar-refractivity contribution >= 4 is 11.8 Å². The molecule has 0 bridgehead atoms. The van der Waals surface area contributed by atoms with Crippen LogP contribution in [0.1, 0.15) is 29.5 Å². The third kappa shape index (κ3) is 4.26. The lowest BCUT2D eigenvalue weighted by Crippen LogP contribution is -2.49. The average Bonchev–Trinajstić information content (AvgIpc) is 3.24. The summed E-state index contributed by atoms with van der Waals surface area (Å²) in [5.74, 6) is -0.589. The Bertz CT molecular complexity index is 728. The van der Waals surface area contributed by atoms with E-state index in [-0.39, 0.29) is 18.2 Å². The molecular formula is C19H21FN2O3. The maximum Gasteiger partial charge on any atom is 0.287 e. The van der Waals surface area contributed by atoms with Crippen molar-refractivity contribution in [3.8, 4) is 0 Å². The van der Waals surface area contributed by atoms with E-state index in [1.165, 1.54) is 24.2 Å². The zero-order chi connectivity index (χ0) is 17.9. The molecule has 2 heterocycles. The molecule has 1 aromatic carbocycles. The van der Waals surface area contributed by atoms with Crippen molar-refractivity contribution in [1.29, 1.82) is 0 Å². The van der Waals surface area contributed by atoms with Gasteiger partial charge in [-0.3, -0.25) is 9.59 Å². The number of amides is 2. The van der Waals surface area contributed by atoms with Gasteiger partial charge in [0.15, 0.2) is 5.76 Å². The summed E-state index contributed by atoms with van der Waals surface area (Å²) >= 11 is 0. The highest BCUT2D eigenvalue weighted by molar-refractivity contribution is 5.95. The van der Waals surface area contributed by atoms with Gasteiger partial charge in [-0.1, -0.05) is 30.3 Å². The molecule has 1 N–H and O–H groups in total. The summed E-state index contributed by atoms with van der Waals surface area (Å²) in [6.07, 6.45) is 2.05. The number of nitrogens with zero attached hydrogens (tertiary/aromatic N) is 1. The summed E-state index contributed by atoms with van der Waals surface area (Å²) in [6.45, 7) is 1.90. The van der Waals surface area contributed by atoms with Gasteiger partial charge in [-0.25, -0.2) is 4.39 Å². The van der Waals surface area contributed by atoms with E-state index in [0.29, 0.717) is 19.4 Å². The van der Waals surface area contributed by atoms with Crippen LogP contribution in [0.3, 0.4) is 0 Å². The number of halogens is 1. The molecule has 0 radical (unpaired) electrons. The molecule has 3 rings (SSSR count). The van der Waals surface area contributed by atoms with E-state index in [1.54, 1.807) is 6.07 Å². The van der Waals surface area contributed by atoms with E-state index in [2.05, 4.69) is 5.32 Å². The fourth-order valence-electron chi connectivity index (χ4n) is 3.02. The predicted octanol–water partition coefficient (Wildman–Crippen LogP) is 2.58. The molecule has 25 heavy (non-hydrogen) atoms. The van der Waals surface area contributed by atoms with Gasteiger partial charge in [-0.05, 0) is 24.6 Å². The van der Waals surface area contributed by atoms with Crippen LogP contribution >= 0.6 is 0 Å². The molecule has 0 spiro atoms. The smallest absolute Gasteiger partial charge is 0.287 e. The van der Waals surface area contributed by atoms with Crippen molar-refractivity contribution in [2.45, 2.75) is 31.5 Å². The van der Waals surface area contributed by atoms with E-state index in [4.69, 9.17) is 4.42 Å². The predicted molar refractivity (Wildman–Crippen MR) is 90.8 cm³/mol. The third-order valence-corrected chi connectivity index (χ3v) is 4.37. The van der Waals surface area contributed by atoms with Crippen LogP contribution in [0.2, 0.25) is 0 Å². The molecule has 132 valence electrons. The molecule has 1 aromatic heterocycles. The van der Waals surface area contributed by atoms with Crippen molar-refractivity contribution in [3.05, 3.63) is 60.1 Å². The van der Waals surface area contributed by atoms with Gasteiger partial charge in [0.2, 0.25) is 5.91 Å². The van der Waals surface area contributed by atoms with Gasteiger partial charge < -0.3 is 14.6 Å². The molecule has 0 aliphatic carbocycles. The molecule has 5 nitrogen and oxygen atoms in total. The number of hydrogen-bond acceptors (Lipinski definition) is 3. The largest absolute Gasteiger partial charge is 0.459 e. The molecule has 2 aromatic rings. The van der Waals surface area contributed by atoms with E-state index >= 15 is 0 Å². The number of hydrogen-bond donors (Lipinski definition) is 1. The Morgan fingerprint density at radius 3 is 2.64 bits per heavy atom. The monoisotopic (exact) mass is 344 g/mol. The molecule has 0 unspecified atom stereocenters. The van der Waals surface area contributed by atoms with Crippen LogP contribution in [0, 0.1) is 0 Å². The minimum absolute atomic E-state index is 0.0494. The number of likely N-dealkylation sites (tertiary alicyclic amines) is 1. The second-order valence-corrected chi connectivity index (χ2v) is 6.62. The molecule has 1 fully saturated rings. The van der Waals surface area contributed by atoms with Crippen molar-refractivity contribution in [3.63, 3.8) is 0 Å². The summed E-state index contributed by atoms with van der Waals surface area (Å²) in [7, 11) is 0. The standard InChI is InChI=1S/C19H21FN2O3/c1-19(20)9-10-22(13-19)18(24)15(12-14-6-3-2-4-7-14)21-17(23)16-8-5-11-25-16/h2-8,11,15H,9-10,12-13H2,1H3,(H,21,23)/t15-,19+/m0/s1. The molecule has 2 amide bonds. The number of benzene rings is 1. The number of furan rings is 1. The normalized spacial score (nSPS) is 21.1. The summed E-state index contributed by atoms with van der Waals surface area (Å²) in [4.78, 5) is 26.6. The zero-order valence-corrected chi connectivity index (χ0v) is 14.1. The molecule has 1 saturated heterocycles. The van der Waals surface area contributed by atoms with Gasteiger partial charge in [-0.15, -0.1) is 0 Å². The second-order valence-electron chi connectivity index (χ2n) is 6.62. The first-order chi connectivity index (χ1) is 11.9. The van der Waals surface area contributed by atoms with Crippen LogP contribution in [0.25, 0.3) is 0 Å². The Hall–Kier alpha value is -2.63. The van der Waals surface area contributed by atoms with Gasteiger partial charge in [0.1, 0.15) is 11.7 Å². The topological polar surface area (TPSA) is 62.6 Å². The molecule has 6 heteroatoms. The number of alkyl halides is 1. The Morgan fingerprint density at radius 1 is 1.28 bits per heavy atom. The van der Waals surface area contributed by atoms with Crippen LogP contribution < -0.4 is 5.32 Å². The maximum absolute atomic E-state index is 14.1. The number of rotatable bonds is 5. The van der Waals surface area contributed by atoms with E-state index in [9.17, 15) is 14.0 Å². The Balaban J connectivity index is 1.76. The Labute approximate surface area is 145 Å². The molecule has 2 atom stereocenters.